The zero-order valence-corrected chi connectivity index (χ0v) is 12.4. The van der Waals surface area contributed by atoms with Crippen molar-refractivity contribution in [2.24, 2.45) is 5.41 Å². The highest BCUT2D eigenvalue weighted by molar-refractivity contribution is 8.00. The average Bonchev–Trinajstić information content (AvgIpc) is 2.25. The van der Waals surface area contributed by atoms with E-state index < -0.39 is 0 Å². The molecular weight excluding hydrogens is 214 g/mol. The van der Waals surface area contributed by atoms with E-state index in [2.05, 4.69) is 44.1 Å². The summed E-state index contributed by atoms with van der Waals surface area (Å²) in [5, 5.41) is 3.68. The molecule has 2 heteroatoms. The Hall–Kier alpha value is 0.310. The molecule has 0 amide bonds. The molecule has 1 aliphatic carbocycles. The first-order valence-electron chi connectivity index (χ1n) is 6.73. The Bertz CT molecular complexity index is 189. The summed E-state index contributed by atoms with van der Waals surface area (Å²) < 4.78 is 0.552. The summed E-state index contributed by atoms with van der Waals surface area (Å²) in [5.74, 6) is 0. The van der Waals surface area contributed by atoms with E-state index in [1.807, 2.05) is 0 Å². The maximum absolute atomic E-state index is 3.68. The molecule has 0 aromatic carbocycles. The van der Waals surface area contributed by atoms with Gasteiger partial charge in [0.05, 0.1) is 0 Å². The molecule has 1 fully saturated rings. The highest BCUT2D eigenvalue weighted by atomic mass is 32.2. The van der Waals surface area contributed by atoms with E-state index in [0.717, 1.165) is 0 Å². The zero-order valence-electron chi connectivity index (χ0n) is 11.6. The van der Waals surface area contributed by atoms with Crippen LogP contribution in [0.2, 0.25) is 0 Å². The third kappa shape index (κ3) is 5.09. The smallest absolute Gasteiger partial charge is 0.0281 e. The summed E-state index contributed by atoms with van der Waals surface area (Å²) in [5.41, 5.74) is 0.464. The van der Waals surface area contributed by atoms with E-state index in [1.54, 1.807) is 0 Å². The topological polar surface area (TPSA) is 12.0 Å². The molecule has 1 aliphatic rings. The summed E-state index contributed by atoms with van der Waals surface area (Å²) in [6.07, 6.45) is 10.7. The van der Waals surface area contributed by atoms with E-state index in [4.69, 9.17) is 0 Å². The van der Waals surface area contributed by atoms with Crippen LogP contribution in [0.4, 0.5) is 0 Å². The summed E-state index contributed by atoms with van der Waals surface area (Å²) in [6, 6.07) is 0. The number of rotatable bonds is 5. The largest absolute Gasteiger partial charge is 0.315 e. The van der Waals surface area contributed by atoms with E-state index >= 15 is 0 Å². The Morgan fingerprint density at radius 1 is 1.12 bits per heavy atom. The second-order valence-electron chi connectivity index (χ2n) is 6.44. The van der Waals surface area contributed by atoms with Crippen molar-refractivity contribution in [3.63, 3.8) is 0 Å². The molecule has 0 spiro atoms. The summed E-state index contributed by atoms with van der Waals surface area (Å²) in [4.78, 5) is 0. The van der Waals surface area contributed by atoms with Gasteiger partial charge in [0.1, 0.15) is 0 Å². The van der Waals surface area contributed by atoms with Gasteiger partial charge in [-0.1, -0.05) is 40.0 Å². The minimum absolute atomic E-state index is 0.464. The Morgan fingerprint density at radius 3 is 2.25 bits per heavy atom. The van der Waals surface area contributed by atoms with Crippen LogP contribution >= 0.6 is 11.8 Å². The van der Waals surface area contributed by atoms with Crippen LogP contribution in [-0.4, -0.2) is 24.1 Å². The molecule has 0 bridgehead atoms. The van der Waals surface area contributed by atoms with Gasteiger partial charge in [0, 0.05) is 11.3 Å². The van der Waals surface area contributed by atoms with Gasteiger partial charge < -0.3 is 5.32 Å². The molecule has 16 heavy (non-hydrogen) atoms. The second kappa shape index (κ2) is 6.30. The van der Waals surface area contributed by atoms with Crippen LogP contribution in [0.3, 0.4) is 0 Å². The fraction of sp³-hybridized carbons (Fsp3) is 1.00. The maximum Gasteiger partial charge on any atom is 0.0281 e. The van der Waals surface area contributed by atoms with Gasteiger partial charge in [-0.25, -0.2) is 0 Å². The molecule has 0 heterocycles. The normalized spacial score (nSPS) is 21.0. The molecule has 1 N–H and O–H groups in total. The van der Waals surface area contributed by atoms with Gasteiger partial charge >= 0.3 is 0 Å². The zero-order chi connectivity index (χ0) is 12.1. The summed E-state index contributed by atoms with van der Waals surface area (Å²) >= 11 is 2.09. The van der Waals surface area contributed by atoms with Crippen LogP contribution < -0.4 is 5.32 Å². The van der Waals surface area contributed by atoms with E-state index in [-0.39, 0.29) is 0 Å². The number of hydrogen-bond acceptors (Lipinski definition) is 2. The molecular formula is C14H29NS. The van der Waals surface area contributed by atoms with Crippen molar-refractivity contribution in [1.82, 2.24) is 5.32 Å². The minimum Gasteiger partial charge on any atom is -0.315 e. The Kier molecular flexibility index (Phi) is 5.66. The lowest BCUT2D eigenvalue weighted by Crippen LogP contribution is -2.40. The predicted molar refractivity (Wildman–Crippen MR) is 76.3 cm³/mol. The third-order valence-corrected chi connectivity index (χ3v) is 5.12. The molecule has 1 rings (SSSR count). The van der Waals surface area contributed by atoms with Crippen molar-refractivity contribution in [2.45, 2.75) is 64.0 Å². The second-order valence-corrected chi connectivity index (χ2v) is 7.71. The Balaban J connectivity index is 2.23. The van der Waals surface area contributed by atoms with Crippen molar-refractivity contribution in [3.05, 3.63) is 0 Å². The molecule has 0 aromatic rings. The summed E-state index contributed by atoms with van der Waals surface area (Å²) in [7, 11) is 0. The van der Waals surface area contributed by atoms with Crippen molar-refractivity contribution >= 4 is 11.8 Å². The van der Waals surface area contributed by atoms with Crippen LogP contribution in [0, 0.1) is 5.41 Å². The molecule has 1 saturated carbocycles. The van der Waals surface area contributed by atoms with Gasteiger partial charge in [-0.15, -0.1) is 0 Å². The Morgan fingerprint density at radius 2 is 1.75 bits per heavy atom. The van der Waals surface area contributed by atoms with Gasteiger partial charge in [-0.3, -0.25) is 0 Å². The average molecular weight is 243 g/mol. The van der Waals surface area contributed by atoms with Gasteiger partial charge in [0.2, 0.25) is 0 Å². The molecule has 0 aliphatic heterocycles. The minimum atomic E-state index is 0.464. The molecule has 0 unspecified atom stereocenters. The molecule has 96 valence electrons. The number of hydrogen-bond donors (Lipinski definition) is 1. The van der Waals surface area contributed by atoms with E-state index in [9.17, 15) is 0 Å². The van der Waals surface area contributed by atoms with Crippen LogP contribution in [0.1, 0.15) is 59.3 Å². The van der Waals surface area contributed by atoms with Crippen molar-refractivity contribution in [1.29, 1.82) is 0 Å². The lowest BCUT2D eigenvalue weighted by Gasteiger charge is -2.36. The van der Waals surface area contributed by atoms with Gasteiger partial charge in [0.15, 0.2) is 0 Å². The van der Waals surface area contributed by atoms with Crippen LogP contribution in [0.5, 0.6) is 0 Å². The fourth-order valence-corrected chi connectivity index (χ4v) is 3.37. The van der Waals surface area contributed by atoms with Gasteiger partial charge in [-0.05, 0) is 37.5 Å². The van der Waals surface area contributed by atoms with Crippen molar-refractivity contribution in [3.8, 4) is 0 Å². The first-order valence-corrected chi connectivity index (χ1v) is 7.96. The monoisotopic (exact) mass is 243 g/mol. The summed E-state index contributed by atoms with van der Waals surface area (Å²) in [6.45, 7) is 9.34. The SMILES string of the molecule is CSC1(CNCCC(C)(C)C)CCCCC1. The van der Waals surface area contributed by atoms with Gasteiger partial charge in [0.25, 0.3) is 0 Å². The number of thioether (sulfide) groups is 1. The highest BCUT2D eigenvalue weighted by Crippen LogP contribution is 2.37. The molecule has 0 aromatic heterocycles. The Labute approximate surface area is 106 Å². The van der Waals surface area contributed by atoms with Crippen LogP contribution in [0.15, 0.2) is 0 Å². The third-order valence-electron chi connectivity index (χ3n) is 3.70. The van der Waals surface area contributed by atoms with E-state index in [1.165, 1.54) is 51.6 Å². The number of nitrogens with one attached hydrogen (secondary N) is 1. The quantitative estimate of drug-likeness (QED) is 0.730. The first kappa shape index (κ1) is 14.4. The fourth-order valence-electron chi connectivity index (χ4n) is 2.43. The lowest BCUT2D eigenvalue weighted by atomic mass is 9.88. The lowest BCUT2D eigenvalue weighted by molar-refractivity contribution is 0.342. The van der Waals surface area contributed by atoms with Gasteiger partial charge in [-0.2, -0.15) is 11.8 Å². The van der Waals surface area contributed by atoms with E-state index in [0.29, 0.717) is 10.2 Å². The molecule has 0 radical (unpaired) electrons. The first-order chi connectivity index (χ1) is 7.47. The molecule has 0 atom stereocenters. The van der Waals surface area contributed by atoms with Crippen molar-refractivity contribution < 1.29 is 0 Å². The highest BCUT2D eigenvalue weighted by Gasteiger charge is 2.30. The van der Waals surface area contributed by atoms with Crippen LogP contribution in [-0.2, 0) is 0 Å². The molecule has 1 nitrogen and oxygen atoms in total. The van der Waals surface area contributed by atoms with Crippen LogP contribution in [0.25, 0.3) is 0 Å². The maximum atomic E-state index is 3.68. The van der Waals surface area contributed by atoms with Crippen molar-refractivity contribution in [2.75, 3.05) is 19.3 Å². The molecule has 0 saturated heterocycles. The predicted octanol–water partition coefficient (Wildman–Crippen LogP) is 4.08. The standard InChI is InChI=1S/C14H29NS/c1-13(2,3)10-11-15-12-14(16-4)8-6-5-7-9-14/h15H,5-12H2,1-4H3.